The Bertz CT molecular complexity index is 510. The third-order valence-corrected chi connectivity index (χ3v) is 4.20. The first-order valence-electron chi connectivity index (χ1n) is 6.82. The molecule has 0 fully saturated rings. The topological polar surface area (TPSA) is 55.6 Å². The van der Waals surface area contributed by atoms with Gasteiger partial charge >= 0.3 is 0 Å². The van der Waals surface area contributed by atoms with Crippen LogP contribution in [0, 0.1) is 5.92 Å². The maximum Gasteiger partial charge on any atom is 0.257 e. The number of nitrogens with two attached hydrogens (primary N) is 1. The van der Waals surface area contributed by atoms with E-state index in [1.54, 1.807) is 18.0 Å². The molecule has 0 saturated carbocycles. The third kappa shape index (κ3) is 5.51. The summed E-state index contributed by atoms with van der Waals surface area (Å²) in [4.78, 5) is 14.1. The fourth-order valence-corrected chi connectivity index (χ4v) is 2.17. The van der Waals surface area contributed by atoms with E-state index < -0.39 is 0 Å². The number of benzene rings is 1. The molecule has 0 radical (unpaired) electrons. The van der Waals surface area contributed by atoms with Gasteiger partial charge in [0.15, 0.2) is 0 Å². The van der Waals surface area contributed by atoms with E-state index in [-0.39, 0.29) is 24.4 Å². The van der Waals surface area contributed by atoms with E-state index >= 15 is 0 Å². The van der Waals surface area contributed by atoms with Crippen LogP contribution in [-0.2, 0) is 0 Å². The van der Waals surface area contributed by atoms with E-state index in [4.69, 9.17) is 33.7 Å². The van der Waals surface area contributed by atoms with Crippen LogP contribution in [0.2, 0.25) is 10.0 Å². The molecule has 0 spiro atoms. The van der Waals surface area contributed by atoms with Gasteiger partial charge in [0.05, 0.1) is 22.7 Å². The van der Waals surface area contributed by atoms with Crippen LogP contribution in [0.3, 0.4) is 0 Å². The summed E-state index contributed by atoms with van der Waals surface area (Å²) in [6.45, 7) is 4.70. The maximum absolute atomic E-state index is 12.5. The molecule has 22 heavy (non-hydrogen) atoms. The summed E-state index contributed by atoms with van der Waals surface area (Å²) in [5.41, 5.74) is 6.40. The highest BCUT2D eigenvalue weighted by Crippen LogP contribution is 2.31. The second-order valence-corrected chi connectivity index (χ2v) is 6.20. The maximum atomic E-state index is 12.5. The molecule has 0 bridgehead atoms. The molecule has 1 aromatic rings. The van der Waals surface area contributed by atoms with Crippen LogP contribution in [0.5, 0.6) is 5.75 Å². The van der Waals surface area contributed by atoms with Gasteiger partial charge in [-0.2, -0.15) is 0 Å². The summed E-state index contributed by atoms with van der Waals surface area (Å²) >= 11 is 11.9. The molecule has 1 unspecified atom stereocenters. The van der Waals surface area contributed by atoms with Crippen molar-refractivity contribution < 1.29 is 9.53 Å². The summed E-state index contributed by atoms with van der Waals surface area (Å²) < 4.78 is 5.20. The van der Waals surface area contributed by atoms with Crippen molar-refractivity contribution in [2.45, 2.75) is 26.3 Å². The minimum absolute atomic E-state index is 0. The lowest BCUT2D eigenvalue weighted by Gasteiger charge is -2.22. The summed E-state index contributed by atoms with van der Waals surface area (Å²) in [5.74, 6) is 0.629. The number of halogens is 3. The number of carbonyl (C=O) groups is 1. The highest BCUT2D eigenvalue weighted by atomic mass is 35.5. The number of methoxy groups -OCH3 is 1. The number of carbonyl (C=O) groups excluding carboxylic acids is 1. The first kappa shape index (κ1) is 21.3. The van der Waals surface area contributed by atoms with Crippen molar-refractivity contribution in [3.8, 4) is 5.75 Å². The van der Waals surface area contributed by atoms with Crippen molar-refractivity contribution >= 4 is 41.5 Å². The zero-order valence-electron chi connectivity index (χ0n) is 13.2. The molecule has 0 aliphatic carbocycles. The van der Waals surface area contributed by atoms with Crippen LogP contribution in [0.1, 0.15) is 30.6 Å². The van der Waals surface area contributed by atoms with Gasteiger partial charge in [0.1, 0.15) is 5.75 Å². The molecule has 4 nitrogen and oxygen atoms in total. The van der Waals surface area contributed by atoms with E-state index in [9.17, 15) is 4.79 Å². The fourth-order valence-electron chi connectivity index (χ4n) is 1.85. The molecule has 0 aliphatic rings. The van der Waals surface area contributed by atoms with E-state index in [0.717, 1.165) is 6.42 Å². The summed E-state index contributed by atoms with van der Waals surface area (Å²) in [6.07, 6.45) is 0.740. The van der Waals surface area contributed by atoms with Crippen molar-refractivity contribution in [1.82, 2.24) is 4.90 Å². The Labute approximate surface area is 148 Å². The lowest BCUT2D eigenvalue weighted by atomic mass is 10.0. The number of hydrogen-bond acceptors (Lipinski definition) is 3. The molecule has 0 saturated heterocycles. The molecular weight excluding hydrogens is 347 g/mol. The monoisotopic (exact) mass is 368 g/mol. The Balaban J connectivity index is 0.00000441. The number of rotatable bonds is 6. The predicted octanol–water partition coefficient (Wildman–Crippen LogP) is 3.87. The highest BCUT2D eigenvalue weighted by Gasteiger charge is 2.19. The van der Waals surface area contributed by atoms with Crippen molar-refractivity contribution in [3.05, 3.63) is 27.7 Å². The molecule has 0 aromatic heterocycles. The van der Waals surface area contributed by atoms with Gasteiger partial charge in [0.25, 0.3) is 5.91 Å². The van der Waals surface area contributed by atoms with Crippen LogP contribution >= 0.6 is 35.6 Å². The van der Waals surface area contributed by atoms with Gasteiger partial charge in [0, 0.05) is 25.7 Å². The van der Waals surface area contributed by atoms with Crippen LogP contribution in [0.4, 0.5) is 0 Å². The van der Waals surface area contributed by atoms with Crippen molar-refractivity contribution in [2.24, 2.45) is 11.7 Å². The summed E-state index contributed by atoms with van der Waals surface area (Å²) in [7, 11) is 3.22. The molecule has 1 amide bonds. The van der Waals surface area contributed by atoms with Gasteiger partial charge in [-0.05, 0) is 18.4 Å². The third-order valence-electron chi connectivity index (χ3n) is 3.47. The predicted molar refractivity (Wildman–Crippen MR) is 94.7 cm³/mol. The van der Waals surface area contributed by atoms with Gasteiger partial charge in [-0.15, -0.1) is 12.4 Å². The van der Waals surface area contributed by atoms with Crippen molar-refractivity contribution in [3.63, 3.8) is 0 Å². The number of hydrogen-bond donors (Lipinski definition) is 1. The molecule has 1 rings (SSSR count). The molecule has 2 N–H and O–H groups in total. The molecule has 1 atom stereocenters. The van der Waals surface area contributed by atoms with Crippen LogP contribution in [-0.4, -0.2) is 37.6 Å². The number of amides is 1. The number of ether oxygens (including phenoxy) is 1. The van der Waals surface area contributed by atoms with Crippen LogP contribution in [0.25, 0.3) is 0 Å². The Kier molecular flexibility index (Phi) is 9.16. The Morgan fingerprint density at radius 3 is 2.36 bits per heavy atom. The van der Waals surface area contributed by atoms with Crippen molar-refractivity contribution in [2.75, 3.05) is 20.7 Å². The van der Waals surface area contributed by atoms with E-state index in [0.29, 0.717) is 33.8 Å². The number of nitrogens with zero attached hydrogens (tertiary/aromatic N) is 1. The SMILES string of the molecule is COc1cc(Cl)c(Cl)cc1C(=O)N(C)CCC(N)C(C)C.Cl. The molecule has 7 heteroatoms. The largest absolute Gasteiger partial charge is 0.496 e. The standard InChI is InChI=1S/C15H22Cl2N2O2.ClH/c1-9(2)13(18)5-6-19(3)15(20)10-7-11(16)12(17)8-14(10)21-4;/h7-9,13H,5-6,18H2,1-4H3;1H. The van der Waals surface area contributed by atoms with E-state index in [1.807, 2.05) is 0 Å². The first-order valence-corrected chi connectivity index (χ1v) is 7.57. The normalized spacial score (nSPS) is 11.8. The van der Waals surface area contributed by atoms with Gasteiger partial charge in [0.2, 0.25) is 0 Å². The quantitative estimate of drug-likeness (QED) is 0.828. The van der Waals surface area contributed by atoms with Crippen LogP contribution < -0.4 is 10.5 Å². The average Bonchev–Trinajstić information content (AvgIpc) is 2.45. The van der Waals surface area contributed by atoms with Gasteiger partial charge in [-0.25, -0.2) is 0 Å². The minimum Gasteiger partial charge on any atom is -0.496 e. The lowest BCUT2D eigenvalue weighted by molar-refractivity contribution is 0.0786. The lowest BCUT2D eigenvalue weighted by Crippen LogP contribution is -2.34. The smallest absolute Gasteiger partial charge is 0.257 e. The summed E-state index contributed by atoms with van der Waals surface area (Å²) in [6, 6.07) is 3.14. The van der Waals surface area contributed by atoms with E-state index in [1.165, 1.54) is 13.2 Å². The second kappa shape index (κ2) is 9.46. The van der Waals surface area contributed by atoms with Gasteiger partial charge in [-0.3, -0.25) is 4.79 Å². The molecule has 126 valence electrons. The molecular formula is C15H23Cl3N2O2. The minimum atomic E-state index is -0.165. The second-order valence-electron chi connectivity index (χ2n) is 5.39. The van der Waals surface area contributed by atoms with Crippen LogP contribution in [0.15, 0.2) is 12.1 Å². The zero-order valence-corrected chi connectivity index (χ0v) is 15.6. The van der Waals surface area contributed by atoms with Gasteiger partial charge < -0.3 is 15.4 Å². The first-order chi connectivity index (χ1) is 9.77. The molecule has 0 heterocycles. The summed E-state index contributed by atoms with van der Waals surface area (Å²) in [5, 5.41) is 0.683. The Morgan fingerprint density at radius 1 is 1.32 bits per heavy atom. The molecule has 1 aromatic carbocycles. The average molecular weight is 370 g/mol. The zero-order chi connectivity index (χ0) is 16.2. The van der Waals surface area contributed by atoms with E-state index in [2.05, 4.69) is 13.8 Å². The molecule has 0 aliphatic heterocycles. The van der Waals surface area contributed by atoms with Crippen molar-refractivity contribution in [1.29, 1.82) is 0 Å². The highest BCUT2D eigenvalue weighted by molar-refractivity contribution is 6.42. The Morgan fingerprint density at radius 2 is 1.86 bits per heavy atom. The van der Waals surface area contributed by atoms with Gasteiger partial charge in [-0.1, -0.05) is 37.0 Å². The fraction of sp³-hybridized carbons (Fsp3) is 0.533. The Hall–Kier alpha value is -0.680.